The summed E-state index contributed by atoms with van der Waals surface area (Å²) in [5.74, 6) is 0.968. The summed E-state index contributed by atoms with van der Waals surface area (Å²) in [6.07, 6.45) is 9.64. The Morgan fingerprint density at radius 2 is 1.85 bits per heavy atom. The lowest BCUT2D eigenvalue weighted by atomic mass is 9.95. The lowest BCUT2D eigenvalue weighted by molar-refractivity contribution is 0.218. The van der Waals surface area contributed by atoms with Crippen molar-refractivity contribution >= 4 is 6.21 Å². The second-order valence-electron chi connectivity index (χ2n) is 7.50. The molecule has 1 saturated carbocycles. The van der Waals surface area contributed by atoms with Crippen LogP contribution in [0.5, 0.6) is 5.75 Å². The third-order valence-electron chi connectivity index (χ3n) is 5.24. The number of aliphatic imine (C=N–C) groups is 1. The molecule has 138 valence electrons. The Morgan fingerprint density at radius 1 is 1.12 bits per heavy atom. The molecule has 1 aliphatic carbocycles. The standard InChI is InChI=1S/C24H31NO/c1-4-19(3)26-24-21(17-25-22-13-9-6-10-14-22)15-18(2)16-23(24)20-11-7-5-8-12-20/h5,7-8,11-12,15-17,19,22H,4,6,9-10,13-14H2,1-3H3/b25-17+/t19-/m1/s1. The zero-order valence-electron chi connectivity index (χ0n) is 16.4. The first-order valence-electron chi connectivity index (χ1n) is 10.1. The Labute approximate surface area is 158 Å². The summed E-state index contributed by atoms with van der Waals surface area (Å²) in [4.78, 5) is 4.92. The van der Waals surface area contributed by atoms with Crippen molar-refractivity contribution in [1.29, 1.82) is 0 Å². The van der Waals surface area contributed by atoms with Gasteiger partial charge in [-0.1, -0.05) is 56.5 Å². The highest BCUT2D eigenvalue weighted by molar-refractivity contribution is 5.89. The van der Waals surface area contributed by atoms with E-state index in [1.807, 2.05) is 0 Å². The molecule has 1 fully saturated rings. The first-order chi connectivity index (χ1) is 12.7. The van der Waals surface area contributed by atoms with Crippen LogP contribution >= 0.6 is 0 Å². The van der Waals surface area contributed by atoms with Crippen molar-refractivity contribution in [1.82, 2.24) is 0 Å². The van der Waals surface area contributed by atoms with Crippen molar-refractivity contribution in [2.24, 2.45) is 4.99 Å². The minimum Gasteiger partial charge on any atom is -0.489 e. The highest BCUT2D eigenvalue weighted by atomic mass is 16.5. The number of benzene rings is 2. The molecule has 0 N–H and O–H groups in total. The molecule has 0 unspecified atom stereocenters. The van der Waals surface area contributed by atoms with E-state index in [2.05, 4.69) is 69.5 Å². The minimum atomic E-state index is 0.182. The highest BCUT2D eigenvalue weighted by Gasteiger charge is 2.16. The molecule has 0 spiro atoms. The molecule has 0 heterocycles. The van der Waals surface area contributed by atoms with Crippen LogP contribution in [-0.2, 0) is 0 Å². The second kappa shape index (κ2) is 9.02. The van der Waals surface area contributed by atoms with Crippen molar-refractivity contribution in [3.8, 4) is 16.9 Å². The summed E-state index contributed by atoms with van der Waals surface area (Å²) >= 11 is 0. The Balaban J connectivity index is 2.00. The number of nitrogens with zero attached hydrogens (tertiary/aromatic N) is 1. The van der Waals surface area contributed by atoms with E-state index in [0.717, 1.165) is 23.3 Å². The predicted molar refractivity (Wildman–Crippen MR) is 111 cm³/mol. The Bertz CT molecular complexity index is 729. The number of ether oxygens (including phenoxy) is 1. The molecule has 0 bridgehead atoms. The molecule has 0 saturated heterocycles. The van der Waals surface area contributed by atoms with E-state index in [4.69, 9.17) is 9.73 Å². The van der Waals surface area contributed by atoms with Gasteiger partial charge in [0.05, 0.1) is 6.10 Å². The van der Waals surface area contributed by atoms with Gasteiger partial charge in [-0.25, -0.2) is 0 Å². The Hall–Kier alpha value is -2.09. The summed E-state index contributed by atoms with van der Waals surface area (Å²) in [7, 11) is 0. The van der Waals surface area contributed by atoms with E-state index >= 15 is 0 Å². The van der Waals surface area contributed by atoms with Crippen LogP contribution in [0.15, 0.2) is 47.5 Å². The molecule has 3 rings (SSSR count). The van der Waals surface area contributed by atoms with Gasteiger partial charge in [-0.15, -0.1) is 0 Å². The molecule has 0 aliphatic heterocycles. The van der Waals surface area contributed by atoms with Crippen LogP contribution < -0.4 is 4.74 Å². The molecule has 1 aliphatic rings. The average molecular weight is 350 g/mol. The Morgan fingerprint density at radius 3 is 2.54 bits per heavy atom. The fraction of sp³-hybridized carbons (Fsp3) is 0.458. The normalized spacial score (nSPS) is 16.7. The van der Waals surface area contributed by atoms with Gasteiger partial charge in [0.1, 0.15) is 5.75 Å². The SMILES string of the molecule is CC[C@@H](C)Oc1c(/C=N/C2CCCCC2)cc(C)cc1-c1ccccc1. The van der Waals surface area contributed by atoms with E-state index < -0.39 is 0 Å². The molecular formula is C24H31NO. The highest BCUT2D eigenvalue weighted by Crippen LogP contribution is 2.35. The molecule has 1 atom stereocenters. The van der Waals surface area contributed by atoms with Gasteiger partial charge in [0.25, 0.3) is 0 Å². The maximum Gasteiger partial charge on any atom is 0.136 e. The van der Waals surface area contributed by atoms with Crippen LogP contribution in [0.3, 0.4) is 0 Å². The average Bonchev–Trinajstić information content (AvgIpc) is 2.69. The fourth-order valence-electron chi connectivity index (χ4n) is 3.56. The third kappa shape index (κ3) is 4.75. The lowest BCUT2D eigenvalue weighted by Gasteiger charge is -2.21. The largest absolute Gasteiger partial charge is 0.489 e. The summed E-state index contributed by atoms with van der Waals surface area (Å²) in [6.45, 7) is 6.45. The van der Waals surface area contributed by atoms with Gasteiger partial charge in [0, 0.05) is 23.4 Å². The number of aryl methyl sites for hydroxylation is 1. The zero-order chi connectivity index (χ0) is 18.4. The van der Waals surface area contributed by atoms with Gasteiger partial charge in [-0.05, 0) is 56.4 Å². The van der Waals surface area contributed by atoms with E-state index in [1.165, 1.54) is 43.2 Å². The van der Waals surface area contributed by atoms with Gasteiger partial charge < -0.3 is 4.74 Å². The van der Waals surface area contributed by atoms with E-state index in [0.29, 0.717) is 6.04 Å². The molecule has 2 heteroatoms. The second-order valence-corrected chi connectivity index (χ2v) is 7.50. The zero-order valence-corrected chi connectivity index (χ0v) is 16.4. The van der Waals surface area contributed by atoms with Crippen molar-refractivity contribution < 1.29 is 4.74 Å². The monoisotopic (exact) mass is 349 g/mol. The first kappa shape index (κ1) is 18.7. The maximum atomic E-state index is 6.38. The molecule has 0 amide bonds. The Kier molecular flexibility index (Phi) is 6.49. The minimum absolute atomic E-state index is 0.182. The van der Waals surface area contributed by atoms with Crippen molar-refractivity contribution in [2.45, 2.75) is 71.4 Å². The van der Waals surface area contributed by atoms with E-state index in [9.17, 15) is 0 Å². The van der Waals surface area contributed by atoms with Crippen LogP contribution in [-0.4, -0.2) is 18.4 Å². The lowest BCUT2D eigenvalue weighted by Crippen LogP contribution is -2.13. The van der Waals surface area contributed by atoms with Crippen molar-refractivity contribution in [3.05, 3.63) is 53.6 Å². The van der Waals surface area contributed by atoms with Crippen LogP contribution in [0.25, 0.3) is 11.1 Å². The summed E-state index contributed by atoms with van der Waals surface area (Å²) in [5, 5.41) is 0. The summed E-state index contributed by atoms with van der Waals surface area (Å²) in [5.41, 5.74) is 4.71. The van der Waals surface area contributed by atoms with Crippen molar-refractivity contribution in [2.75, 3.05) is 0 Å². The summed E-state index contributed by atoms with van der Waals surface area (Å²) in [6, 6.07) is 15.4. The molecule has 2 nitrogen and oxygen atoms in total. The number of hydrogen-bond donors (Lipinski definition) is 0. The van der Waals surface area contributed by atoms with Gasteiger partial charge in [-0.2, -0.15) is 0 Å². The fourth-order valence-corrected chi connectivity index (χ4v) is 3.56. The molecule has 0 aromatic heterocycles. The van der Waals surface area contributed by atoms with E-state index in [1.54, 1.807) is 0 Å². The quantitative estimate of drug-likeness (QED) is 0.539. The van der Waals surface area contributed by atoms with Crippen LogP contribution in [0, 0.1) is 6.92 Å². The van der Waals surface area contributed by atoms with Crippen LogP contribution in [0.4, 0.5) is 0 Å². The molecule has 26 heavy (non-hydrogen) atoms. The van der Waals surface area contributed by atoms with Crippen LogP contribution in [0.1, 0.15) is 63.5 Å². The first-order valence-corrected chi connectivity index (χ1v) is 10.1. The molecule has 2 aromatic carbocycles. The third-order valence-corrected chi connectivity index (χ3v) is 5.24. The van der Waals surface area contributed by atoms with Crippen LogP contribution in [0.2, 0.25) is 0 Å². The molecule has 0 radical (unpaired) electrons. The van der Waals surface area contributed by atoms with Gasteiger partial charge in [0.2, 0.25) is 0 Å². The predicted octanol–water partition coefficient (Wildman–Crippen LogP) is 6.59. The molecule has 2 aromatic rings. The van der Waals surface area contributed by atoms with E-state index in [-0.39, 0.29) is 6.10 Å². The number of rotatable bonds is 6. The van der Waals surface area contributed by atoms with Crippen molar-refractivity contribution in [3.63, 3.8) is 0 Å². The van der Waals surface area contributed by atoms with Gasteiger partial charge in [0.15, 0.2) is 0 Å². The summed E-state index contributed by atoms with van der Waals surface area (Å²) < 4.78 is 6.38. The topological polar surface area (TPSA) is 21.6 Å². The van der Waals surface area contributed by atoms with Gasteiger partial charge >= 0.3 is 0 Å². The van der Waals surface area contributed by atoms with Gasteiger partial charge in [-0.3, -0.25) is 4.99 Å². The maximum absolute atomic E-state index is 6.38. The molecular weight excluding hydrogens is 318 g/mol. The smallest absolute Gasteiger partial charge is 0.136 e. The number of hydrogen-bond acceptors (Lipinski definition) is 2.